The van der Waals surface area contributed by atoms with Gasteiger partial charge in [-0.3, -0.25) is 0 Å². The number of aryl methyl sites for hydroxylation is 1. The van der Waals surface area contributed by atoms with Crippen LogP contribution in [0.4, 0.5) is 0 Å². The average molecular weight is 316 g/mol. The molecule has 0 saturated heterocycles. The van der Waals surface area contributed by atoms with Gasteiger partial charge in [0.2, 0.25) is 5.88 Å². The zero-order valence-electron chi connectivity index (χ0n) is 9.11. The molecule has 0 aromatic carbocycles. The summed E-state index contributed by atoms with van der Waals surface area (Å²) in [6.07, 6.45) is 1.39. The molecule has 0 N–H and O–H groups in total. The Bertz CT molecular complexity index is 541. The molecule has 0 aliphatic carbocycles. The van der Waals surface area contributed by atoms with E-state index < -0.39 is 0 Å². The smallest absolute Gasteiger partial charge is 0.216 e. The van der Waals surface area contributed by atoms with E-state index in [2.05, 4.69) is 35.9 Å². The molecule has 2 rings (SSSR count). The zero-order chi connectivity index (χ0) is 12.4. The quantitative estimate of drug-likeness (QED) is 0.797. The van der Waals surface area contributed by atoms with Crippen molar-refractivity contribution in [2.45, 2.75) is 6.92 Å². The lowest BCUT2D eigenvalue weighted by molar-refractivity contribution is 0.397. The Labute approximate surface area is 111 Å². The van der Waals surface area contributed by atoms with Crippen molar-refractivity contribution in [3.8, 4) is 17.4 Å². The summed E-state index contributed by atoms with van der Waals surface area (Å²) in [7, 11) is 1.53. The fourth-order valence-electron chi connectivity index (χ4n) is 1.21. The normalized spacial score (nSPS) is 10.4. The molecular formula is C10H8BrClN4O. The van der Waals surface area contributed by atoms with Crippen LogP contribution in [-0.2, 0) is 0 Å². The van der Waals surface area contributed by atoms with E-state index in [-0.39, 0.29) is 0 Å². The second kappa shape index (κ2) is 4.93. The first-order chi connectivity index (χ1) is 8.11. The van der Waals surface area contributed by atoms with E-state index in [1.807, 2.05) is 6.92 Å². The maximum atomic E-state index is 5.97. The van der Waals surface area contributed by atoms with Crippen molar-refractivity contribution in [2.75, 3.05) is 7.11 Å². The third kappa shape index (κ3) is 2.53. The SMILES string of the molecule is COc1cc(-c2nc(C)c(Br)c(Cl)n2)ncn1. The van der Waals surface area contributed by atoms with E-state index in [4.69, 9.17) is 16.3 Å². The number of rotatable bonds is 2. The number of ether oxygens (including phenoxy) is 1. The summed E-state index contributed by atoms with van der Waals surface area (Å²) < 4.78 is 5.70. The van der Waals surface area contributed by atoms with Crippen molar-refractivity contribution in [1.82, 2.24) is 19.9 Å². The van der Waals surface area contributed by atoms with Crippen molar-refractivity contribution in [1.29, 1.82) is 0 Å². The van der Waals surface area contributed by atoms with Crippen molar-refractivity contribution >= 4 is 27.5 Å². The van der Waals surface area contributed by atoms with Crippen molar-refractivity contribution in [3.05, 3.63) is 27.7 Å². The topological polar surface area (TPSA) is 60.8 Å². The summed E-state index contributed by atoms with van der Waals surface area (Å²) >= 11 is 9.27. The summed E-state index contributed by atoms with van der Waals surface area (Å²) in [5, 5.41) is 0.352. The molecule has 0 unspecified atom stereocenters. The molecule has 0 aliphatic heterocycles. The van der Waals surface area contributed by atoms with Gasteiger partial charge in [0.15, 0.2) is 5.82 Å². The predicted molar refractivity (Wildman–Crippen MR) is 67.1 cm³/mol. The van der Waals surface area contributed by atoms with Gasteiger partial charge in [-0.1, -0.05) is 11.6 Å². The summed E-state index contributed by atoms with van der Waals surface area (Å²) in [4.78, 5) is 16.4. The molecule has 0 aliphatic rings. The average Bonchev–Trinajstić information content (AvgIpc) is 2.35. The van der Waals surface area contributed by atoms with Crippen LogP contribution in [0.2, 0.25) is 5.15 Å². The highest BCUT2D eigenvalue weighted by Crippen LogP contribution is 2.26. The molecule has 0 bridgehead atoms. The number of aromatic nitrogens is 4. The number of nitrogens with zero attached hydrogens (tertiary/aromatic N) is 4. The third-order valence-corrected chi connectivity index (χ3v) is 3.51. The zero-order valence-corrected chi connectivity index (χ0v) is 11.4. The minimum atomic E-state index is 0.352. The summed E-state index contributed by atoms with van der Waals surface area (Å²) in [5.74, 6) is 0.895. The van der Waals surface area contributed by atoms with Gasteiger partial charge in [-0.25, -0.2) is 19.9 Å². The van der Waals surface area contributed by atoms with Crippen LogP contribution in [-0.4, -0.2) is 27.0 Å². The molecule has 0 fully saturated rings. The van der Waals surface area contributed by atoms with E-state index in [9.17, 15) is 0 Å². The Morgan fingerprint density at radius 1 is 1.29 bits per heavy atom. The Morgan fingerprint density at radius 2 is 2.06 bits per heavy atom. The maximum absolute atomic E-state index is 5.97. The van der Waals surface area contributed by atoms with Gasteiger partial charge in [-0.05, 0) is 22.9 Å². The van der Waals surface area contributed by atoms with Gasteiger partial charge in [0.05, 0.1) is 17.3 Å². The van der Waals surface area contributed by atoms with E-state index in [0.29, 0.717) is 27.0 Å². The molecule has 88 valence electrons. The molecular weight excluding hydrogens is 307 g/mol. The standard InChI is InChI=1S/C10H8BrClN4O/c1-5-8(11)9(12)16-10(15-5)6-3-7(17-2)14-4-13-6/h3-4H,1-2H3. The highest BCUT2D eigenvalue weighted by molar-refractivity contribution is 9.10. The van der Waals surface area contributed by atoms with Gasteiger partial charge in [0, 0.05) is 6.07 Å². The van der Waals surface area contributed by atoms with E-state index in [0.717, 1.165) is 5.69 Å². The van der Waals surface area contributed by atoms with Crippen LogP contribution in [0.1, 0.15) is 5.69 Å². The first-order valence-electron chi connectivity index (χ1n) is 4.68. The second-order valence-electron chi connectivity index (χ2n) is 3.18. The Kier molecular flexibility index (Phi) is 3.54. The number of halogens is 2. The molecule has 0 amide bonds. The molecule has 7 heteroatoms. The van der Waals surface area contributed by atoms with Crippen LogP contribution in [0.15, 0.2) is 16.9 Å². The van der Waals surface area contributed by atoms with E-state index in [1.54, 1.807) is 6.07 Å². The highest BCUT2D eigenvalue weighted by atomic mass is 79.9. The first-order valence-corrected chi connectivity index (χ1v) is 5.85. The van der Waals surface area contributed by atoms with Crippen molar-refractivity contribution in [3.63, 3.8) is 0 Å². The maximum Gasteiger partial charge on any atom is 0.216 e. The van der Waals surface area contributed by atoms with Crippen LogP contribution in [0.5, 0.6) is 5.88 Å². The van der Waals surface area contributed by atoms with Gasteiger partial charge in [-0.2, -0.15) is 0 Å². The van der Waals surface area contributed by atoms with Gasteiger partial charge >= 0.3 is 0 Å². The minimum Gasteiger partial charge on any atom is -0.481 e. The first kappa shape index (κ1) is 12.2. The number of hydrogen-bond acceptors (Lipinski definition) is 5. The molecule has 0 atom stereocenters. The predicted octanol–water partition coefficient (Wildman–Crippen LogP) is 2.67. The summed E-state index contributed by atoms with van der Waals surface area (Å²) in [6.45, 7) is 1.83. The molecule has 17 heavy (non-hydrogen) atoms. The molecule has 0 spiro atoms. The Morgan fingerprint density at radius 3 is 2.71 bits per heavy atom. The largest absolute Gasteiger partial charge is 0.481 e. The lowest BCUT2D eigenvalue weighted by Gasteiger charge is -2.05. The monoisotopic (exact) mass is 314 g/mol. The number of methoxy groups -OCH3 is 1. The molecule has 2 heterocycles. The van der Waals surface area contributed by atoms with Gasteiger partial charge < -0.3 is 4.74 Å². The number of hydrogen-bond donors (Lipinski definition) is 0. The van der Waals surface area contributed by atoms with Crippen LogP contribution in [0, 0.1) is 6.92 Å². The van der Waals surface area contributed by atoms with Crippen LogP contribution in [0.3, 0.4) is 0 Å². The van der Waals surface area contributed by atoms with Crippen molar-refractivity contribution < 1.29 is 4.74 Å². The lowest BCUT2D eigenvalue weighted by Crippen LogP contribution is -1.97. The minimum absolute atomic E-state index is 0.352. The fourth-order valence-corrected chi connectivity index (χ4v) is 1.61. The molecule has 0 saturated carbocycles. The van der Waals surface area contributed by atoms with Crippen LogP contribution in [0.25, 0.3) is 11.5 Å². The van der Waals surface area contributed by atoms with Gasteiger partial charge in [0.25, 0.3) is 0 Å². The fraction of sp³-hybridized carbons (Fsp3) is 0.200. The molecule has 2 aromatic rings. The summed E-state index contributed by atoms with van der Waals surface area (Å²) in [5.41, 5.74) is 1.31. The molecule has 5 nitrogen and oxygen atoms in total. The second-order valence-corrected chi connectivity index (χ2v) is 4.33. The van der Waals surface area contributed by atoms with Crippen LogP contribution >= 0.6 is 27.5 Å². The van der Waals surface area contributed by atoms with Gasteiger partial charge in [-0.15, -0.1) is 0 Å². The van der Waals surface area contributed by atoms with E-state index >= 15 is 0 Å². The van der Waals surface area contributed by atoms with Crippen molar-refractivity contribution in [2.24, 2.45) is 0 Å². The molecule has 2 aromatic heterocycles. The Balaban J connectivity index is 2.52. The third-order valence-electron chi connectivity index (χ3n) is 2.06. The molecule has 0 radical (unpaired) electrons. The summed E-state index contributed by atoms with van der Waals surface area (Å²) in [6, 6.07) is 1.65. The van der Waals surface area contributed by atoms with Crippen LogP contribution < -0.4 is 4.74 Å². The van der Waals surface area contributed by atoms with E-state index in [1.165, 1.54) is 13.4 Å². The lowest BCUT2D eigenvalue weighted by atomic mass is 10.3. The van der Waals surface area contributed by atoms with Gasteiger partial charge in [0.1, 0.15) is 17.2 Å². The highest BCUT2D eigenvalue weighted by Gasteiger charge is 2.11. The Hall–Kier alpha value is -1.27.